The fourth-order valence-corrected chi connectivity index (χ4v) is 2.08. The van der Waals surface area contributed by atoms with E-state index in [0.29, 0.717) is 5.92 Å². The summed E-state index contributed by atoms with van der Waals surface area (Å²) in [6.45, 7) is 1.87. The first-order valence-corrected chi connectivity index (χ1v) is 5.21. The summed E-state index contributed by atoms with van der Waals surface area (Å²) in [6.07, 6.45) is 4.05. The maximum atomic E-state index is 11.9. The lowest BCUT2D eigenvalue weighted by atomic mass is 9.84. The summed E-state index contributed by atoms with van der Waals surface area (Å²) in [5.41, 5.74) is 0. The van der Waals surface area contributed by atoms with Crippen LogP contribution in [0.1, 0.15) is 39.0 Å². The van der Waals surface area contributed by atoms with Crippen molar-refractivity contribution in [3.8, 4) is 0 Å². The molecule has 1 aliphatic rings. The molecule has 0 aliphatic heterocycles. The van der Waals surface area contributed by atoms with Gasteiger partial charge in [0.25, 0.3) is 6.43 Å². The Morgan fingerprint density at radius 3 is 2.38 bits per heavy atom. The third kappa shape index (κ3) is 4.03. The highest BCUT2D eigenvalue weighted by molar-refractivity contribution is 4.75. The predicted molar refractivity (Wildman–Crippen MR) is 50.0 cm³/mol. The summed E-state index contributed by atoms with van der Waals surface area (Å²) in [6, 6.07) is 0.259. The van der Waals surface area contributed by atoms with E-state index in [9.17, 15) is 8.78 Å². The van der Waals surface area contributed by atoms with Crippen LogP contribution in [-0.4, -0.2) is 19.0 Å². The minimum absolute atomic E-state index is 0.155. The molecular formula is C10H19F2N. The van der Waals surface area contributed by atoms with Crippen LogP contribution in [0.15, 0.2) is 0 Å². The fraction of sp³-hybridized carbons (Fsp3) is 1.00. The molecule has 0 aromatic carbocycles. The molecule has 0 radical (unpaired) electrons. The maximum Gasteiger partial charge on any atom is 0.250 e. The van der Waals surface area contributed by atoms with Crippen molar-refractivity contribution in [2.45, 2.75) is 51.5 Å². The second-order valence-corrected chi connectivity index (χ2v) is 3.99. The van der Waals surface area contributed by atoms with E-state index < -0.39 is 6.43 Å². The Bertz CT molecular complexity index is 133. The zero-order valence-electron chi connectivity index (χ0n) is 8.23. The molecule has 1 saturated carbocycles. The SMILES string of the molecule is C[C@H](NCC(F)F)C1CCCCC1. The van der Waals surface area contributed by atoms with Crippen molar-refractivity contribution in [2.75, 3.05) is 6.54 Å². The number of nitrogens with one attached hydrogen (secondary N) is 1. The molecule has 3 heteroatoms. The number of halogens is 2. The molecule has 1 rings (SSSR count). The lowest BCUT2D eigenvalue weighted by Crippen LogP contribution is -2.37. The van der Waals surface area contributed by atoms with E-state index in [1.54, 1.807) is 0 Å². The molecule has 0 unspecified atom stereocenters. The highest BCUT2D eigenvalue weighted by Gasteiger charge is 2.20. The lowest BCUT2D eigenvalue weighted by molar-refractivity contribution is 0.134. The molecule has 1 fully saturated rings. The normalized spacial score (nSPS) is 22.2. The van der Waals surface area contributed by atoms with Crippen LogP contribution in [0.25, 0.3) is 0 Å². The Labute approximate surface area is 78.9 Å². The van der Waals surface area contributed by atoms with Crippen molar-refractivity contribution in [2.24, 2.45) is 5.92 Å². The first-order valence-electron chi connectivity index (χ1n) is 5.21. The van der Waals surface area contributed by atoms with Crippen molar-refractivity contribution in [1.82, 2.24) is 5.32 Å². The summed E-state index contributed by atoms with van der Waals surface area (Å²) >= 11 is 0. The minimum Gasteiger partial charge on any atom is -0.309 e. The van der Waals surface area contributed by atoms with Crippen LogP contribution >= 0.6 is 0 Å². The molecule has 0 bridgehead atoms. The van der Waals surface area contributed by atoms with Gasteiger partial charge in [0.15, 0.2) is 0 Å². The van der Waals surface area contributed by atoms with Crippen LogP contribution in [0.2, 0.25) is 0 Å². The van der Waals surface area contributed by atoms with E-state index in [0.717, 1.165) is 0 Å². The van der Waals surface area contributed by atoms with Crippen molar-refractivity contribution < 1.29 is 8.78 Å². The topological polar surface area (TPSA) is 12.0 Å². The van der Waals surface area contributed by atoms with E-state index >= 15 is 0 Å². The van der Waals surface area contributed by atoms with E-state index in [1.807, 2.05) is 6.92 Å². The zero-order chi connectivity index (χ0) is 9.68. The average Bonchev–Trinajstić information content (AvgIpc) is 2.15. The second kappa shape index (κ2) is 5.53. The molecule has 0 saturated heterocycles. The van der Waals surface area contributed by atoms with Crippen molar-refractivity contribution in [1.29, 1.82) is 0 Å². The standard InChI is InChI=1S/C10H19F2N/c1-8(13-7-10(11)12)9-5-3-2-4-6-9/h8-10,13H,2-7H2,1H3/t8-/m0/s1. The van der Waals surface area contributed by atoms with E-state index in [4.69, 9.17) is 0 Å². The van der Waals surface area contributed by atoms with Crippen LogP contribution in [0.4, 0.5) is 8.78 Å². The molecule has 0 aromatic rings. The zero-order valence-corrected chi connectivity index (χ0v) is 8.23. The first kappa shape index (κ1) is 10.9. The molecule has 0 spiro atoms. The molecule has 0 heterocycles. The predicted octanol–water partition coefficient (Wildman–Crippen LogP) is 2.81. The lowest BCUT2D eigenvalue weighted by Gasteiger charge is -2.28. The fourth-order valence-electron chi connectivity index (χ4n) is 2.08. The first-order chi connectivity index (χ1) is 6.20. The Morgan fingerprint density at radius 2 is 1.85 bits per heavy atom. The van der Waals surface area contributed by atoms with Gasteiger partial charge in [-0.15, -0.1) is 0 Å². The van der Waals surface area contributed by atoms with E-state index in [-0.39, 0.29) is 12.6 Å². The van der Waals surface area contributed by atoms with Gasteiger partial charge in [-0.05, 0) is 25.7 Å². The van der Waals surface area contributed by atoms with Gasteiger partial charge in [-0.1, -0.05) is 19.3 Å². The Hall–Kier alpha value is -0.180. The van der Waals surface area contributed by atoms with Crippen LogP contribution < -0.4 is 5.32 Å². The van der Waals surface area contributed by atoms with Gasteiger partial charge in [0.2, 0.25) is 0 Å². The largest absolute Gasteiger partial charge is 0.309 e. The summed E-state index contributed by atoms with van der Waals surface area (Å²) in [5, 5.41) is 2.90. The molecule has 13 heavy (non-hydrogen) atoms. The summed E-state index contributed by atoms with van der Waals surface area (Å²) in [7, 11) is 0. The van der Waals surface area contributed by atoms with Gasteiger partial charge in [-0.25, -0.2) is 8.78 Å². The average molecular weight is 191 g/mol. The highest BCUT2D eigenvalue weighted by Crippen LogP contribution is 2.26. The Balaban J connectivity index is 2.17. The van der Waals surface area contributed by atoms with Crippen LogP contribution in [0, 0.1) is 5.92 Å². The molecule has 1 aliphatic carbocycles. The molecule has 1 nitrogen and oxygen atoms in total. The molecular weight excluding hydrogens is 172 g/mol. The van der Waals surface area contributed by atoms with Crippen molar-refractivity contribution in [3.05, 3.63) is 0 Å². The van der Waals surface area contributed by atoms with Gasteiger partial charge >= 0.3 is 0 Å². The number of hydrogen-bond acceptors (Lipinski definition) is 1. The summed E-state index contributed by atoms with van der Waals surface area (Å²) < 4.78 is 23.8. The van der Waals surface area contributed by atoms with Crippen molar-refractivity contribution >= 4 is 0 Å². The van der Waals surface area contributed by atoms with Gasteiger partial charge in [0.1, 0.15) is 0 Å². The van der Waals surface area contributed by atoms with Gasteiger partial charge < -0.3 is 5.32 Å². The quantitative estimate of drug-likeness (QED) is 0.720. The van der Waals surface area contributed by atoms with Gasteiger partial charge in [0.05, 0.1) is 6.54 Å². The van der Waals surface area contributed by atoms with E-state index in [1.165, 1.54) is 32.1 Å². The van der Waals surface area contributed by atoms with Crippen LogP contribution in [0.5, 0.6) is 0 Å². The Kier molecular flexibility index (Phi) is 4.64. The summed E-state index contributed by atoms with van der Waals surface area (Å²) in [4.78, 5) is 0. The smallest absolute Gasteiger partial charge is 0.250 e. The minimum atomic E-state index is -2.22. The van der Waals surface area contributed by atoms with Gasteiger partial charge in [-0.2, -0.15) is 0 Å². The van der Waals surface area contributed by atoms with Gasteiger partial charge in [-0.3, -0.25) is 0 Å². The number of rotatable bonds is 4. The van der Waals surface area contributed by atoms with Crippen LogP contribution in [-0.2, 0) is 0 Å². The highest BCUT2D eigenvalue weighted by atomic mass is 19.3. The third-order valence-corrected chi connectivity index (χ3v) is 2.95. The monoisotopic (exact) mass is 191 g/mol. The van der Waals surface area contributed by atoms with E-state index in [2.05, 4.69) is 5.32 Å². The number of hydrogen-bond donors (Lipinski definition) is 1. The Morgan fingerprint density at radius 1 is 1.23 bits per heavy atom. The number of alkyl halides is 2. The third-order valence-electron chi connectivity index (χ3n) is 2.95. The van der Waals surface area contributed by atoms with Gasteiger partial charge in [0, 0.05) is 6.04 Å². The molecule has 0 aromatic heterocycles. The van der Waals surface area contributed by atoms with Crippen LogP contribution in [0.3, 0.4) is 0 Å². The van der Waals surface area contributed by atoms with Crippen molar-refractivity contribution in [3.63, 3.8) is 0 Å². The second-order valence-electron chi connectivity index (χ2n) is 3.99. The molecule has 1 atom stereocenters. The molecule has 78 valence electrons. The molecule has 0 amide bonds. The summed E-state index contributed by atoms with van der Waals surface area (Å²) in [5.74, 6) is 0.618. The molecule has 1 N–H and O–H groups in total. The maximum absolute atomic E-state index is 11.9.